The number of carbonyl (C=O) groups is 1. The lowest BCUT2D eigenvalue weighted by atomic mass is 9.93. The van der Waals surface area contributed by atoms with Crippen LogP contribution in [0.1, 0.15) is 64.1 Å². The predicted molar refractivity (Wildman–Crippen MR) is 132 cm³/mol. The highest BCUT2D eigenvalue weighted by Gasteiger charge is 2.42. The average Bonchev–Trinajstić information content (AvgIpc) is 3.35. The smallest absolute Gasteiger partial charge is 0.273 e. The van der Waals surface area contributed by atoms with Crippen LogP contribution in [0.25, 0.3) is 11.3 Å². The van der Waals surface area contributed by atoms with Crippen molar-refractivity contribution >= 4 is 17.5 Å². The van der Waals surface area contributed by atoms with Crippen molar-refractivity contribution in [3.8, 4) is 11.3 Å². The number of H-pyrrole nitrogens is 1. The van der Waals surface area contributed by atoms with Crippen molar-refractivity contribution in [3.63, 3.8) is 0 Å². The monoisotopic (exact) mass is 455 g/mol. The Morgan fingerprint density at radius 1 is 1.00 bits per heavy atom. The number of hydrogen-bond donors (Lipinski definition) is 1. The maximum Gasteiger partial charge on any atom is 0.273 e. The van der Waals surface area contributed by atoms with E-state index < -0.39 is 0 Å². The molecule has 0 radical (unpaired) electrons. The second kappa shape index (κ2) is 8.53. The summed E-state index contributed by atoms with van der Waals surface area (Å²) < 4.78 is 0. The van der Waals surface area contributed by atoms with E-state index in [1.165, 1.54) is 11.1 Å². The minimum atomic E-state index is -0.250. The van der Waals surface area contributed by atoms with Gasteiger partial charge in [0.05, 0.1) is 11.7 Å². The summed E-state index contributed by atoms with van der Waals surface area (Å²) in [4.78, 5) is 15.5. The number of benzene rings is 3. The van der Waals surface area contributed by atoms with Gasteiger partial charge < -0.3 is 4.90 Å². The van der Waals surface area contributed by atoms with Crippen LogP contribution in [0.3, 0.4) is 0 Å². The number of amides is 1. The molecule has 1 aliphatic rings. The number of halogens is 1. The Labute approximate surface area is 199 Å². The van der Waals surface area contributed by atoms with Crippen molar-refractivity contribution in [2.75, 3.05) is 0 Å². The molecule has 5 heteroatoms. The third kappa shape index (κ3) is 3.85. The lowest BCUT2D eigenvalue weighted by Crippen LogP contribution is -2.29. The highest BCUT2D eigenvalue weighted by molar-refractivity contribution is 6.31. The Morgan fingerprint density at radius 2 is 1.70 bits per heavy atom. The van der Waals surface area contributed by atoms with E-state index in [4.69, 9.17) is 11.6 Å². The molecule has 166 valence electrons. The number of nitrogens with zero attached hydrogens (tertiary/aromatic N) is 2. The van der Waals surface area contributed by atoms with Crippen molar-refractivity contribution in [1.82, 2.24) is 15.1 Å². The number of aromatic nitrogens is 2. The second-order valence-corrected chi connectivity index (χ2v) is 9.38. The highest BCUT2D eigenvalue weighted by atomic mass is 35.5. The first-order valence-corrected chi connectivity index (χ1v) is 11.6. The Hall–Kier alpha value is -3.37. The van der Waals surface area contributed by atoms with Crippen LogP contribution in [0.5, 0.6) is 0 Å². The Bertz CT molecular complexity index is 1310. The van der Waals surface area contributed by atoms with Gasteiger partial charge >= 0.3 is 0 Å². The number of aryl methyl sites for hydroxylation is 1. The number of nitrogens with one attached hydrogen (secondary N) is 1. The number of hydrogen-bond acceptors (Lipinski definition) is 2. The molecule has 1 aliphatic heterocycles. The van der Waals surface area contributed by atoms with Crippen LogP contribution in [-0.2, 0) is 6.54 Å². The Kier molecular flexibility index (Phi) is 5.55. The molecule has 1 unspecified atom stereocenters. The van der Waals surface area contributed by atoms with Gasteiger partial charge in [-0.15, -0.1) is 0 Å². The van der Waals surface area contributed by atoms with Crippen molar-refractivity contribution < 1.29 is 4.79 Å². The van der Waals surface area contributed by atoms with E-state index in [1.54, 1.807) is 0 Å². The molecule has 0 saturated heterocycles. The van der Waals surface area contributed by atoms with Crippen molar-refractivity contribution in [2.45, 2.75) is 39.3 Å². The van der Waals surface area contributed by atoms with E-state index in [-0.39, 0.29) is 11.9 Å². The minimum absolute atomic E-state index is 0.0614. The van der Waals surface area contributed by atoms with E-state index in [0.717, 1.165) is 27.9 Å². The fraction of sp³-hybridized carbons (Fsp3) is 0.214. The predicted octanol–water partition coefficient (Wildman–Crippen LogP) is 6.91. The molecule has 0 spiro atoms. The van der Waals surface area contributed by atoms with Gasteiger partial charge in [0.25, 0.3) is 5.91 Å². The van der Waals surface area contributed by atoms with Gasteiger partial charge in [0, 0.05) is 22.7 Å². The number of carbonyl (C=O) groups excluding carboxylic acids is 1. The molecule has 1 aromatic heterocycles. The zero-order valence-electron chi connectivity index (χ0n) is 19.0. The van der Waals surface area contributed by atoms with Crippen molar-refractivity contribution in [2.24, 2.45) is 0 Å². The van der Waals surface area contributed by atoms with Crippen LogP contribution in [-0.4, -0.2) is 21.0 Å². The van der Waals surface area contributed by atoms with Gasteiger partial charge in [-0.2, -0.15) is 5.10 Å². The van der Waals surface area contributed by atoms with Gasteiger partial charge in [-0.25, -0.2) is 0 Å². The molecule has 4 nitrogen and oxygen atoms in total. The summed E-state index contributed by atoms with van der Waals surface area (Å²) in [5.74, 6) is 0.379. The summed E-state index contributed by atoms with van der Waals surface area (Å²) in [5, 5.41) is 8.26. The van der Waals surface area contributed by atoms with Gasteiger partial charge in [-0.05, 0) is 35.6 Å². The van der Waals surface area contributed by atoms with Crippen LogP contribution in [0, 0.1) is 6.92 Å². The summed E-state index contributed by atoms with van der Waals surface area (Å²) in [6, 6.07) is 24.3. The minimum Gasteiger partial charge on any atom is -0.322 e. The molecule has 0 bridgehead atoms. The molecule has 0 aliphatic carbocycles. The van der Waals surface area contributed by atoms with Gasteiger partial charge in [0.2, 0.25) is 0 Å². The molecule has 0 saturated carbocycles. The van der Waals surface area contributed by atoms with Crippen LogP contribution in [0.2, 0.25) is 5.02 Å². The van der Waals surface area contributed by atoms with Crippen molar-refractivity contribution in [1.29, 1.82) is 0 Å². The first-order valence-electron chi connectivity index (χ1n) is 11.2. The molecule has 4 aromatic rings. The van der Waals surface area contributed by atoms with Crippen LogP contribution < -0.4 is 0 Å². The van der Waals surface area contributed by atoms with E-state index in [2.05, 4.69) is 79.5 Å². The fourth-order valence-electron chi connectivity index (χ4n) is 4.51. The number of aromatic amines is 1. The third-order valence-corrected chi connectivity index (χ3v) is 6.77. The largest absolute Gasteiger partial charge is 0.322 e. The topological polar surface area (TPSA) is 49.0 Å². The molecular formula is C28H26ClN3O. The standard InChI is InChI=1S/C28H26ClN3O/c1-17(2)19-12-14-21(15-13-19)27-24-25(20-10-8-18(3)9-11-20)30-31-26(24)28(33)32(27)16-22-6-4-5-7-23(22)29/h4-15,17,27H,16H2,1-3H3,(H,30,31). The molecule has 1 N–H and O–H groups in total. The average molecular weight is 456 g/mol. The summed E-state index contributed by atoms with van der Waals surface area (Å²) >= 11 is 6.47. The van der Waals surface area contributed by atoms with Crippen LogP contribution >= 0.6 is 11.6 Å². The quantitative estimate of drug-likeness (QED) is 0.355. The maximum absolute atomic E-state index is 13.6. The summed E-state index contributed by atoms with van der Waals surface area (Å²) in [7, 11) is 0. The summed E-state index contributed by atoms with van der Waals surface area (Å²) in [5.41, 5.74) is 7.73. The van der Waals surface area contributed by atoms with E-state index in [1.807, 2.05) is 29.2 Å². The molecule has 5 rings (SSSR count). The Balaban J connectivity index is 1.64. The second-order valence-electron chi connectivity index (χ2n) is 8.98. The zero-order chi connectivity index (χ0) is 23.1. The van der Waals surface area contributed by atoms with E-state index in [9.17, 15) is 4.79 Å². The molecular weight excluding hydrogens is 430 g/mol. The number of rotatable bonds is 5. The first kappa shape index (κ1) is 21.5. The van der Waals surface area contributed by atoms with Crippen molar-refractivity contribution in [3.05, 3.63) is 111 Å². The molecule has 2 heterocycles. The van der Waals surface area contributed by atoms with E-state index >= 15 is 0 Å². The SMILES string of the molecule is Cc1ccc(-c2n[nH]c3c2C(c2ccc(C(C)C)cc2)N(Cc2ccccc2Cl)C3=O)cc1. The lowest BCUT2D eigenvalue weighted by molar-refractivity contribution is 0.0730. The fourth-order valence-corrected chi connectivity index (χ4v) is 4.71. The van der Waals surface area contributed by atoms with Gasteiger partial charge in [0.15, 0.2) is 0 Å². The summed E-state index contributed by atoms with van der Waals surface area (Å²) in [6.45, 7) is 6.85. The zero-order valence-corrected chi connectivity index (χ0v) is 19.7. The number of fused-ring (bicyclic) bond motifs is 1. The molecule has 0 fully saturated rings. The van der Waals surface area contributed by atoms with Gasteiger partial charge in [-0.1, -0.05) is 97.7 Å². The van der Waals surface area contributed by atoms with Gasteiger partial charge in [0.1, 0.15) is 5.69 Å². The highest BCUT2D eigenvalue weighted by Crippen LogP contribution is 2.44. The van der Waals surface area contributed by atoms with Crippen LogP contribution in [0.15, 0.2) is 72.8 Å². The Morgan fingerprint density at radius 3 is 2.36 bits per heavy atom. The maximum atomic E-state index is 13.6. The summed E-state index contributed by atoms with van der Waals surface area (Å²) in [6.07, 6.45) is 0. The first-order chi connectivity index (χ1) is 15.9. The molecule has 33 heavy (non-hydrogen) atoms. The molecule has 1 amide bonds. The van der Waals surface area contributed by atoms with Gasteiger partial charge in [-0.3, -0.25) is 9.89 Å². The normalized spacial score (nSPS) is 15.4. The van der Waals surface area contributed by atoms with E-state index in [0.29, 0.717) is 23.2 Å². The lowest BCUT2D eigenvalue weighted by Gasteiger charge is -2.27. The third-order valence-electron chi connectivity index (χ3n) is 6.41. The van der Waals surface area contributed by atoms with Crippen LogP contribution in [0.4, 0.5) is 0 Å². The molecule has 1 atom stereocenters. The molecule has 3 aromatic carbocycles.